The molecule has 0 amide bonds. The zero-order valence-electron chi connectivity index (χ0n) is 14.7. The smallest absolute Gasteiger partial charge is 0.193 e. The van der Waals surface area contributed by atoms with Crippen LogP contribution in [0.3, 0.4) is 0 Å². The third-order valence-electron chi connectivity index (χ3n) is 3.87. The van der Waals surface area contributed by atoms with Crippen molar-refractivity contribution in [1.29, 1.82) is 0 Å². The maximum Gasteiger partial charge on any atom is 0.193 e. The van der Waals surface area contributed by atoms with Crippen LogP contribution in [0.2, 0.25) is 0 Å². The highest BCUT2D eigenvalue weighted by atomic mass is 16.5. The Bertz CT molecular complexity index is 697. The molecule has 0 heterocycles. The van der Waals surface area contributed by atoms with Crippen molar-refractivity contribution in [2.75, 3.05) is 26.1 Å². The van der Waals surface area contributed by atoms with Crippen LogP contribution in [0.25, 0.3) is 0 Å². The molecule has 0 aliphatic rings. The summed E-state index contributed by atoms with van der Waals surface area (Å²) in [6, 6.07) is 15.7. The molecule has 0 aliphatic heterocycles. The van der Waals surface area contributed by atoms with Crippen molar-refractivity contribution < 1.29 is 9.47 Å². The van der Waals surface area contributed by atoms with Gasteiger partial charge in [-0.3, -0.25) is 4.99 Å². The van der Waals surface area contributed by atoms with E-state index in [0.717, 1.165) is 11.4 Å². The largest absolute Gasteiger partial charge is 0.497 e. The number of benzene rings is 2. The molecule has 3 N–H and O–H groups in total. The van der Waals surface area contributed by atoms with Gasteiger partial charge in [-0.2, -0.15) is 0 Å². The molecule has 0 fully saturated rings. The van der Waals surface area contributed by atoms with Gasteiger partial charge in [-0.05, 0) is 17.7 Å². The monoisotopic (exact) mass is 327 g/mol. The number of nitrogens with one attached hydrogen (secondary N) is 1. The van der Waals surface area contributed by atoms with Gasteiger partial charge >= 0.3 is 0 Å². The summed E-state index contributed by atoms with van der Waals surface area (Å²) in [7, 11) is 3.23. The maximum absolute atomic E-state index is 6.05. The number of rotatable bonds is 6. The molecule has 24 heavy (non-hydrogen) atoms. The minimum atomic E-state index is -0.105. The fourth-order valence-corrected chi connectivity index (χ4v) is 2.35. The lowest BCUT2D eigenvalue weighted by Crippen LogP contribution is -2.28. The average molecular weight is 327 g/mol. The molecule has 0 spiro atoms. The Labute approximate surface area is 143 Å². The number of aliphatic imine (C=N–C) groups is 1. The lowest BCUT2D eigenvalue weighted by Gasteiger charge is -2.23. The van der Waals surface area contributed by atoms with Crippen LogP contribution >= 0.6 is 0 Å². The topological polar surface area (TPSA) is 68.9 Å². The lowest BCUT2D eigenvalue weighted by molar-refractivity contribution is 0.405. The average Bonchev–Trinajstić information content (AvgIpc) is 2.60. The minimum Gasteiger partial charge on any atom is -0.497 e. The number of hydrogen-bond donors (Lipinski definition) is 2. The van der Waals surface area contributed by atoms with E-state index < -0.39 is 0 Å². The maximum atomic E-state index is 6.05. The molecule has 2 rings (SSSR count). The number of nitrogens with two attached hydrogens (primary N) is 1. The molecule has 0 aliphatic carbocycles. The second-order valence-electron chi connectivity index (χ2n) is 6.14. The Kier molecular flexibility index (Phi) is 5.68. The molecule has 0 unspecified atom stereocenters. The Morgan fingerprint density at radius 1 is 1.08 bits per heavy atom. The summed E-state index contributed by atoms with van der Waals surface area (Å²) >= 11 is 0. The van der Waals surface area contributed by atoms with Gasteiger partial charge in [-0.25, -0.2) is 0 Å². The standard InChI is InChI=1S/C19H25N3O2/c1-19(2,14-8-6-5-7-9-14)13-21-18(20)22-16-12-15(23-3)10-11-17(16)24-4/h5-12H,13H2,1-4H3,(H3,20,21,22). The van der Waals surface area contributed by atoms with Crippen LogP contribution in [0.1, 0.15) is 19.4 Å². The van der Waals surface area contributed by atoms with Crippen LogP contribution in [-0.2, 0) is 5.41 Å². The van der Waals surface area contributed by atoms with Crippen molar-refractivity contribution in [1.82, 2.24) is 0 Å². The first-order valence-corrected chi connectivity index (χ1v) is 7.81. The van der Waals surface area contributed by atoms with Crippen molar-refractivity contribution in [3.05, 3.63) is 54.1 Å². The molecular formula is C19H25N3O2. The first-order chi connectivity index (χ1) is 11.5. The van der Waals surface area contributed by atoms with Crippen molar-refractivity contribution in [3.63, 3.8) is 0 Å². The molecule has 0 saturated heterocycles. The van der Waals surface area contributed by atoms with Crippen LogP contribution in [0.4, 0.5) is 5.69 Å². The summed E-state index contributed by atoms with van der Waals surface area (Å²) in [5.74, 6) is 1.73. The summed E-state index contributed by atoms with van der Waals surface area (Å²) in [6.45, 7) is 4.86. The molecule has 0 bridgehead atoms. The molecule has 0 saturated carbocycles. The van der Waals surface area contributed by atoms with E-state index in [1.54, 1.807) is 14.2 Å². The number of guanidine groups is 1. The second kappa shape index (κ2) is 7.73. The van der Waals surface area contributed by atoms with Gasteiger partial charge in [-0.1, -0.05) is 44.2 Å². The van der Waals surface area contributed by atoms with Crippen LogP contribution < -0.4 is 20.5 Å². The zero-order valence-corrected chi connectivity index (χ0v) is 14.7. The van der Waals surface area contributed by atoms with Crippen molar-refractivity contribution in [3.8, 4) is 11.5 Å². The summed E-state index contributed by atoms with van der Waals surface area (Å²) in [5.41, 5.74) is 7.88. The molecule has 0 aromatic heterocycles. The first kappa shape index (κ1) is 17.7. The fourth-order valence-electron chi connectivity index (χ4n) is 2.35. The highest BCUT2D eigenvalue weighted by Crippen LogP contribution is 2.29. The molecular weight excluding hydrogens is 302 g/mol. The quantitative estimate of drug-likeness (QED) is 0.630. The van der Waals surface area contributed by atoms with E-state index in [2.05, 4.69) is 36.3 Å². The van der Waals surface area contributed by atoms with E-state index in [1.165, 1.54) is 5.56 Å². The summed E-state index contributed by atoms with van der Waals surface area (Å²) in [4.78, 5) is 4.49. The summed E-state index contributed by atoms with van der Waals surface area (Å²) in [6.07, 6.45) is 0. The van der Waals surface area contributed by atoms with Crippen molar-refractivity contribution >= 4 is 11.6 Å². The molecule has 0 radical (unpaired) electrons. The number of hydrogen-bond acceptors (Lipinski definition) is 3. The van der Waals surface area contributed by atoms with E-state index in [4.69, 9.17) is 15.2 Å². The number of nitrogens with zero attached hydrogens (tertiary/aromatic N) is 1. The van der Waals surface area contributed by atoms with Crippen molar-refractivity contribution in [2.24, 2.45) is 10.7 Å². The molecule has 2 aromatic carbocycles. The molecule has 5 heteroatoms. The highest BCUT2D eigenvalue weighted by molar-refractivity contribution is 5.94. The predicted octanol–water partition coefficient (Wildman–Crippen LogP) is 3.41. The number of ether oxygens (including phenoxy) is 2. The molecule has 0 atom stereocenters. The third-order valence-corrected chi connectivity index (χ3v) is 3.87. The number of methoxy groups -OCH3 is 2. The van der Waals surface area contributed by atoms with Crippen LogP contribution in [0.5, 0.6) is 11.5 Å². The minimum absolute atomic E-state index is 0.105. The number of anilines is 1. The Morgan fingerprint density at radius 2 is 1.79 bits per heavy atom. The first-order valence-electron chi connectivity index (χ1n) is 7.81. The van der Waals surface area contributed by atoms with Crippen LogP contribution in [0.15, 0.2) is 53.5 Å². The van der Waals surface area contributed by atoms with Crippen molar-refractivity contribution in [2.45, 2.75) is 19.3 Å². The fraction of sp³-hybridized carbons (Fsp3) is 0.316. The molecule has 2 aromatic rings. The third kappa shape index (κ3) is 4.41. The Balaban J connectivity index is 2.12. The van der Waals surface area contributed by atoms with E-state index in [9.17, 15) is 0 Å². The van der Waals surface area contributed by atoms with E-state index in [0.29, 0.717) is 18.3 Å². The van der Waals surface area contributed by atoms with Gasteiger partial charge in [0.25, 0.3) is 0 Å². The Morgan fingerprint density at radius 3 is 2.42 bits per heavy atom. The van der Waals surface area contributed by atoms with Gasteiger partial charge in [0.1, 0.15) is 11.5 Å². The van der Waals surface area contributed by atoms with Gasteiger partial charge in [-0.15, -0.1) is 0 Å². The van der Waals surface area contributed by atoms with Crippen LogP contribution in [-0.4, -0.2) is 26.7 Å². The van der Waals surface area contributed by atoms with Gasteiger partial charge in [0.2, 0.25) is 0 Å². The zero-order chi connectivity index (χ0) is 17.6. The summed E-state index contributed by atoms with van der Waals surface area (Å²) < 4.78 is 10.6. The van der Waals surface area contributed by atoms with E-state index in [1.807, 2.05) is 36.4 Å². The Hall–Kier alpha value is -2.69. The van der Waals surface area contributed by atoms with Crippen LogP contribution in [0, 0.1) is 0 Å². The molecule has 5 nitrogen and oxygen atoms in total. The molecule has 128 valence electrons. The van der Waals surface area contributed by atoms with E-state index >= 15 is 0 Å². The lowest BCUT2D eigenvalue weighted by atomic mass is 9.85. The predicted molar refractivity (Wildman–Crippen MR) is 99.1 cm³/mol. The normalized spacial score (nSPS) is 11.9. The van der Waals surface area contributed by atoms with Gasteiger partial charge in [0.15, 0.2) is 5.96 Å². The SMILES string of the molecule is COc1ccc(OC)c(NC(N)=NCC(C)(C)c2ccccc2)c1. The van der Waals surface area contributed by atoms with E-state index in [-0.39, 0.29) is 5.41 Å². The second-order valence-corrected chi connectivity index (χ2v) is 6.14. The van der Waals surface area contributed by atoms with Gasteiger partial charge in [0.05, 0.1) is 26.5 Å². The highest BCUT2D eigenvalue weighted by Gasteiger charge is 2.19. The summed E-state index contributed by atoms with van der Waals surface area (Å²) in [5, 5.41) is 3.08. The van der Waals surface area contributed by atoms with Gasteiger partial charge < -0.3 is 20.5 Å². The van der Waals surface area contributed by atoms with Gasteiger partial charge in [0, 0.05) is 11.5 Å².